The average Bonchev–Trinajstić information content (AvgIpc) is 2.87. The van der Waals surface area contributed by atoms with Gasteiger partial charge in [-0.1, -0.05) is 26.0 Å². The lowest BCUT2D eigenvalue weighted by Crippen LogP contribution is -2.50. The van der Waals surface area contributed by atoms with E-state index in [1.165, 1.54) is 11.0 Å². The number of sulfonamides is 1. The summed E-state index contributed by atoms with van der Waals surface area (Å²) in [7, 11) is -2.28. The fraction of sp³-hybridized carbons (Fsp3) is 0.481. The highest BCUT2D eigenvalue weighted by molar-refractivity contribution is 7.92. The molecule has 0 aliphatic carbocycles. The summed E-state index contributed by atoms with van der Waals surface area (Å²) in [5.74, 6) is -2.19. The second kappa shape index (κ2) is 14.1. The van der Waals surface area contributed by atoms with Gasteiger partial charge in [0.25, 0.3) is 0 Å². The van der Waals surface area contributed by atoms with Crippen LogP contribution in [0, 0.1) is 11.6 Å². The van der Waals surface area contributed by atoms with Crippen LogP contribution >= 0.6 is 0 Å². The summed E-state index contributed by atoms with van der Waals surface area (Å²) >= 11 is 0. The first-order chi connectivity index (χ1) is 17.9. The van der Waals surface area contributed by atoms with Gasteiger partial charge in [0.1, 0.15) is 11.8 Å². The van der Waals surface area contributed by atoms with Gasteiger partial charge in [-0.05, 0) is 56.0 Å². The molecule has 0 fully saturated rings. The molecule has 0 radical (unpaired) electrons. The Bertz CT molecular complexity index is 1190. The second-order valence-corrected chi connectivity index (χ2v) is 11.1. The number of rotatable bonds is 14. The molecule has 0 aliphatic heterocycles. The first-order valence-corrected chi connectivity index (χ1v) is 14.4. The molecule has 2 amide bonds. The molecule has 0 spiro atoms. The minimum atomic E-state index is -3.83. The Morgan fingerprint density at radius 2 is 1.68 bits per heavy atom. The lowest BCUT2D eigenvalue weighted by molar-refractivity contribution is -0.141. The van der Waals surface area contributed by atoms with Gasteiger partial charge in [-0.15, -0.1) is 0 Å². The summed E-state index contributed by atoms with van der Waals surface area (Å²) in [6.07, 6.45) is 2.12. The molecule has 0 saturated heterocycles. The molecule has 2 aromatic rings. The molecule has 38 heavy (non-hydrogen) atoms. The predicted molar refractivity (Wildman–Crippen MR) is 143 cm³/mol. The van der Waals surface area contributed by atoms with E-state index in [1.54, 1.807) is 19.2 Å². The zero-order valence-electron chi connectivity index (χ0n) is 22.5. The Morgan fingerprint density at radius 1 is 1.03 bits per heavy atom. The maximum Gasteiger partial charge on any atom is 0.243 e. The van der Waals surface area contributed by atoms with Crippen LogP contribution in [0.15, 0.2) is 42.5 Å². The summed E-state index contributed by atoms with van der Waals surface area (Å²) in [5.41, 5.74) is 0.766. The van der Waals surface area contributed by atoms with Crippen LogP contribution in [0.25, 0.3) is 0 Å². The highest BCUT2D eigenvalue weighted by Gasteiger charge is 2.29. The van der Waals surface area contributed by atoms with Crippen LogP contribution in [-0.2, 0) is 26.2 Å². The molecule has 0 bridgehead atoms. The van der Waals surface area contributed by atoms with E-state index in [4.69, 9.17) is 4.74 Å². The number of halogens is 2. The van der Waals surface area contributed by atoms with Gasteiger partial charge in [0.2, 0.25) is 21.8 Å². The van der Waals surface area contributed by atoms with Crippen molar-refractivity contribution in [3.8, 4) is 5.75 Å². The highest BCUT2D eigenvalue weighted by atomic mass is 32.2. The number of ether oxygens (including phenoxy) is 1. The van der Waals surface area contributed by atoms with Crippen molar-refractivity contribution in [2.75, 3.05) is 24.2 Å². The normalized spacial score (nSPS) is 12.9. The van der Waals surface area contributed by atoms with Gasteiger partial charge >= 0.3 is 0 Å². The summed E-state index contributed by atoms with van der Waals surface area (Å²) in [6, 6.07) is 9.20. The van der Waals surface area contributed by atoms with Crippen molar-refractivity contribution in [2.45, 2.75) is 65.1 Å². The number of nitrogens with one attached hydrogen (secondary N) is 1. The van der Waals surface area contributed by atoms with Crippen molar-refractivity contribution in [3.63, 3.8) is 0 Å². The maximum absolute atomic E-state index is 13.8. The van der Waals surface area contributed by atoms with E-state index in [0.717, 1.165) is 34.7 Å². The molecule has 2 atom stereocenters. The van der Waals surface area contributed by atoms with E-state index < -0.39 is 27.7 Å². The summed E-state index contributed by atoms with van der Waals surface area (Å²) in [5, 5.41) is 2.94. The quantitative estimate of drug-likeness (QED) is 0.378. The Morgan fingerprint density at radius 3 is 2.21 bits per heavy atom. The number of carbonyl (C=O) groups excluding carboxylic acids is 2. The predicted octanol–water partition coefficient (Wildman–Crippen LogP) is 4.24. The minimum Gasteiger partial charge on any atom is -0.497 e. The van der Waals surface area contributed by atoms with Crippen molar-refractivity contribution in [1.29, 1.82) is 0 Å². The van der Waals surface area contributed by atoms with Crippen molar-refractivity contribution >= 4 is 27.5 Å². The Labute approximate surface area is 224 Å². The molecule has 210 valence electrons. The van der Waals surface area contributed by atoms with Gasteiger partial charge < -0.3 is 15.0 Å². The first-order valence-electron chi connectivity index (χ1n) is 12.6. The maximum atomic E-state index is 13.8. The number of carbonyl (C=O) groups is 2. The van der Waals surface area contributed by atoms with Crippen molar-refractivity contribution in [1.82, 2.24) is 10.2 Å². The summed E-state index contributed by atoms with van der Waals surface area (Å²) in [6.45, 7) is 5.71. The minimum absolute atomic E-state index is 0.0340. The Hall–Kier alpha value is -3.21. The van der Waals surface area contributed by atoms with E-state index in [1.807, 2.05) is 32.9 Å². The molecule has 0 aromatic heterocycles. The monoisotopic (exact) mass is 553 g/mol. The van der Waals surface area contributed by atoms with E-state index in [-0.39, 0.29) is 49.5 Å². The van der Waals surface area contributed by atoms with E-state index in [2.05, 4.69) is 5.32 Å². The van der Waals surface area contributed by atoms with Crippen molar-refractivity contribution < 1.29 is 31.5 Å². The average molecular weight is 554 g/mol. The zero-order valence-corrected chi connectivity index (χ0v) is 23.4. The SMILES string of the molecule is CC[C@H](C)NC(=O)[C@H](CC)N(Cc1ccc(OC)cc1)C(=O)CCCN(c1ccc(F)c(F)c1)S(C)(=O)=O. The van der Waals surface area contributed by atoms with Crippen LogP contribution in [0.5, 0.6) is 5.75 Å². The summed E-state index contributed by atoms with van der Waals surface area (Å²) in [4.78, 5) is 28.0. The topological polar surface area (TPSA) is 96.0 Å². The van der Waals surface area contributed by atoms with Crippen molar-refractivity contribution in [2.24, 2.45) is 0 Å². The Kier molecular flexibility index (Phi) is 11.5. The smallest absolute Gasteiger partial charge is 0.243 e. The van der Waals surface area contributed by atoms with Gasteiger partial charge in [-0.3, -0.25) is 13.9 Å². The third-order valence-corrected chi connectivity index (χ3v) is 7.44. The van der Waals surface area contributed by atoms with Gasteiger partial charge in [-0.25, -0.2) is 17.2 Å². The van der Waals surface area contributed by atoms with Crippen LogP contribution < -0.4 is 14.4 Å². The molecular weight excluding hydrogens is 516 g/mol. The van der Waals surface area contributed by atoms with Gasteiger partial charge in [-0.2, -0.15) is 0 Å². The summed E-state index contributed by atoms with van der Waals surface area (Å²) < 4.78 is 58.0. The van der Waals surface area contributed by atoms with Crippen LogP contribution in [0.2, 0.25) is 0 Å². The fourth-order valence-electron chi connectivity index (χ4n) is 3.93. The van der Waals surface area contributed by atoms with Gasteiger partial charge in [0.05, 0.1) is 19.1 Å². The zero-order chi connectivity index (χ0) is 28.5. The van der Waals surface area contributed by atoms with E-state index >= 15 is 0 Å². The molecule has 1 N–H and O–H groups in total. The number of amides is 2. The third-order valence-electron chi connectivity index (χ3n) is 6.24. The van der Waals surface area contributed by atoms with Crippen LogP contribution in [-0.4, -0.2) is 57.1 Å². The largest absolute Gasteiger partial charge is 0.497 e. The number of methoxy groups -OCH3 is 1. The first kappa shape index (κ1) is 31.0. The highest BCUT2D eigenvalue weighted by Crippen LogP contribution is 2.22. The molecule has 2 aromatic carbocycles. The van der Waals surface area contributed by atoms with Gasteiger partial charge in [0, 0.05) is 31.6 Å². The molecule has 8 nitrogen and oxygen atoms in total. The van der Waals surface area contributed by atoms with Gasteiger partial charge in [0.15, 0.2) is 11.6 Å². The van der Waals surface area contributed by atoms with Crippen LogP contribution in [0.4, 0.5) is 14.5 Å². The Balaban J connectivity index is 2.24. The molecule has 0 unspecified atom stereocenters. The molecular formula is C27H37F2N3O5S. The molecule has 0 aliphatic rings. The number of anilines is 1. The molecule has 0 saturated carbocycles. The number of hydrogen-bond acceptors (Lipinski definition) is 5. The molecule has 11 heteroatoms. The third kappa shape index (κ3) is 8.68. The molecule has 2 rings (SSSR count). The standard InChI is InChI=1S/C27H37F2N3O5S/c1-6-19(3)30-27(34)25(7-2)31(18-20-10-13-22(37-4)14-11-20)26(33)9-8-16-32(38(5,35)36)21-12-15-23(28)24(29)17-21/h10-15,17,19,25H,6-9,16,18H2,1-5H3,(H,30,34)/t19-,25-/m0/s1. The molecule has 0 heterocycles. The number of hydrogen-bond donors (Lipinski definition) is 1. The van der Waals surface area contributed by atoms with Crippen LogP contribution in [0.1, 0.15) is 52.0 Å². The number of nitrogens with zero attached hydrogens (tertiary/aromatic N) is 2. The number of benzene rings is 2. The van der Waals surface area contributed by atoms with E-state index in [0.29, 0.717) is 12.2 Å². The van der Waals surface area contributed by atoms with Crippen LogP contribution in [0.3, 0.4) is 0 Å². The second-order valence-electron chi connectivity index (χ2n) is 9.15. The van der Waals surface area contributed by atoms with E-state index in [9.17, 15) is 26.8 Å². The fourth-order valence-corrected chi connectivity index (χ4v) is 4.89. The lowest BCUT2D eigenvalue weighted by atomic mass is 10.1. The lowest BCUT2D eigenvalue weighted by Gasteiger charge is -2.32. The van der Waals surface area contributed by atoms with Crippen molar-refractivity contribution in [3.05, 3.63) is 59.7 Å².